The molecule has 0 aliphatic carbocycles. The zero-order valence-electron chi connectivity index (χ0n) is 16.9. The maximum atomic E-state index is 12.7. The van der Waals surface area contributed by atoms with Gasteiger partial charge < -0.3 is 20.5 Å². The first-order valence-electron chi connectivity index (χ1n) is 9.63. The van der Waals surface area contributed by atoms with Crippen molar-refractivity contribution in [2.45, 2.75) is 20.3 Å². The van der Waals surface area contributed by atoms with E-state index in [1.54, 1.807) is 24.3 Å². The number of carbonyl (C=O) groups is 2. The van der Waals surface area contributed by atoms with E-state index in [1.807, 2.05) is 44.2 Å². The summed E-state index contributed by atoms with van der Waals surface area (Å²) in [5.41, 5.74) is 7.23. The van der Waals surface area contributed by atoms with Crippen molar-refractivity contribution in [2.75, 3.05) is 18.5 Å². The smallest absolute Gasteiger partial charge is 0.256 e. The first-order chi connectivity index (χ1) is 14.5. The van der Waals surface area contributed by atoms with E-state index in [0.29, 0.717) is 41.5 Å². The molecule has 0 spiro atoms. The molecule has 0 unspecified atom stereocenters. The van der Waals surface area contributed by atoms with E-state index in [-0.39, 0.29) is 5.91 Å². The van der Waals surface area contributed by atoms with E-state index in [0.717, 1.165) is 16.2 Å². The lowest BCUT2D eigenvalue weighted by molar-refractivity contribution is 0.100. The molecule has 7 heteroatoms. The highest BCUT2D eigenvalue weighted by molar-refractivity contribution is 7.16. The number of aryl methyl sites for hydroxylation is 1. The zero-order valence-corrected chi connectivity index (χ0v) is 17.8. The molecule has 156 valence electrons. The lowest BCUT2D eigenvalue weighted by atomic mass is 10.1. The number of rotatable bonds is 9. The molecule has 0 fully saturated rings. The van der Waals surface area contributed by atoms with Crippen molar-refractivity contribution in [3.05, 3.63) is 76.2 Å². The Morgan fingerprint density at radius 1 is 1.00 bits per heavy atom. The number of benzene rings is 2. The van der Waals surface area contributed by atoms with Crippen LogP contribution in [0.2, 0.25) is 0 Å². The van der Waals surface area contributed by atoms with Crippen LogP contribution in [0.1, 0.15) is 38.1 Å². The van der Waals surface area contributed by atoms with Gasteiger partial charge in [0.25, 0.3) is 11.8 Å². The molecule has 3 rings (SSSR count). The highest BCUT2D eigenvalue weighted by Crippen LogP contribution is 2.33. The van der Waals surface area contributed by atoms with Crippen LogP contribution < -0.4 is 20.5 Å². The normalized spacial score (nSPS) is 10.5. The third-order valence-corrected chi connectivity index (χ3v) is 5.56. The first-order valence-corrected chi connectivity index (χ1v) is 10.4. The van der Waals surface area contributed by atoms with Gasteiger partial charge in [0, 0.05) is 10.4 Å². The fraction of sp³-hybridized carbons (Fsp3) is 0.217. The van der Waals surface area contributed by atoms with Gasteiger partial charge in [-0.25, -0.2) is 0 Å². The number of anilines is 1. The summed E-state index contributed by atoms with van der Waals surface area (Å²) in [6.45, 7) is 4.60. The predicted octanol–water partition coefficient (Wildman–Crippen LogP) is 4.43. The Morgan fingerprint density at radius 2 is 1.67 bits per heavy atom. The van der Waals surface area contributed by atoms with Gasteiger partial charge in [-0.3, -0.25) is 9.59 Å². The molecule has 2 aromatic carbocycles. The van der Waals surface area contributed by atoms with Gasteiger partial charge in [-0.15, -0.1) is 11.3 Å². The number of ether oxygens (including phenoxy) is 2. The Hall–Kier alpha value is -3.32. The third kappa shape index (κ3) is 5.18. The lowest BCUT2D eigenvalue weighted by Crippen LogP contribution is -2.18. The van der Waals surface area contributed by atoms with Crippen molar-refractivity contribution in [3.8, 4) is 11.5 Å². The maximum absolute atomic E-state index is 12.7. The number of primary amides is 1. The standard InChI is InChI=1S/C23H24N2O4S/c1-3-19-15(2)30-23(20(19)21(24)26)25-22(27)16-8-7-11-18(14-16)29-13-12-28-17-9-5-4-6-10-17/h4-11,14H,3,12-13H2,1-2H3,(H2,24,26)(H,25,27). The molecule has 6 nitrogen and oxygen atoms in total. The van der Waals surface area contributed by atoms with Gasteiger partial charge in [0.15, 0.2) is 0 Å². The van der Waals surface area contributed by atoms with Gasteiger partial charge in [-0.05, 0) is 49.2 Å². The quantitative estimate of drug-likeness (QED) is 0.497. The Balaban J connectivity index is 1.63. The number of thiophene rings is 1. The van der Waals surface area contributed by atoms with Gasteiger partial charge in [-0.2, -0.15) is 0 Å². The lowest BCUT2D eigenvalue weighted by Gasteiger charge is -2.10. The molecule has 0 aliphatic rings. The van der Waals surface area contributed by atoms with Crippen LogP contribution in [-0.4, -0.2) is 25.0 Å². The van der Waals surface area contributed by atoms with Crippen LogP contribution in [0.25, 0.3) is 0 Å². The summed E-state index contributed by atoms with van der Waals surface area (Å²) in [5, 5.41) is 3.29. The zero-order chi connectivity index (χ0) is 21.5. The summed E-state index contributed by atoms with van der Waals surface area (Å²) >= 11 is 1.36. The van der Waals surface area contributed by atoms with E-state index in [2.05, 4.69) is 5.32 Å². The Morgan fingerprint density at radius 3 is 2.33 bits per heavy atom. The second-order valence-corrected chi connectivity index (χ2v) is 7.78. The van der Waals surface area contributed by atoms with Crippen LogP contribution in [0.5, 0.6) is 11.5 Å². The van der Waals surface area contributed by atoms with Gasteiger partial charge in [-0.1, -0.05) is 31.2 Å². The van der Waals surface area contributed by atoms with Gasteiger partial charge >= 0.3 is 0 Å². The molecule has 3 N–H and O–H groups in total. The molecule has 1 aromatic heterocycles. The van der Waals surface area contributed by atoms with Crippen molar-refractivity contribution in [2.24, 2.45) is 5.73 Å². The number of nitrogens with one attached hydrogen (secondary N) is 1. The van der Waals surface area contributed by atoms with E-state index in [9.17, 15) is 9.59 Å². The third-order valence-electron chi connectivity index (χ3n) is 4.50. The van der Waals surface area contributed by atoms with Crippen molar-refractivity contribution >= 4 is 28.2 Å². The monoisotopic (exact) mass is 424 g/mol. The van der Waals surface area contributed by atoms with E-state index in [4.69, 9.17) is 15.2 Å². The van der Waals surface area contributed by atoms with Crippen LogP contribution in [0, 0.1) is 6.92 Å². The molecule has 0 bridgehead atoms. The summed E-state index contributed by atoms with van der Waals surface area (Å²) < 4.78 is 11.3. The first kappa shape index (κ1) is 21.4. The van der Waals surface area contributed by atoms with E-state index in [1.165, 1.54) is 11.3 Å². The number of nitrogens with two attached hydrogens (primary N) is 1. The molecule has 1 heterocycles. The summed E-state index contributed by atoms with van der Waals surface area (Å²) in [6, 6.07) is 16.3. The van der Waals surface area contributed by atoms with Gasteiger partial charge in [0.1, 0.15) is 29.7 Å². The molecule has 0 aliphatic heterocycles. The average molecular weight is 425 g/mol. The number of amides is 2. The second-order valence-electron chi connectivity index (χ2n) is 6.55. The fourth-order valence-electron chi connectivity index (χ4n) is 3.09. The average Bonchev–Trinajstić information content (AvgIpc) is 3.07. The Labute approximate surface area is 179 Å². The molecule has 3 aromatic rings. The van der Waals surface area contributed by atoms with Crippen LogP contribution >= 0.6 is 11.3 Å². The highest BCUT2D eigenvalue weighted by Gasteiger charge is 2.21. The van der Waals surface area contributed by atoms with Crippen LogP contribution in [0.15, 0.2) is 54.6 Å². The molecule has 2 amide bonds. The predicted molar refractivity (Wildman–Crippen MR) is 119 cm³/mol. The van der Waals surface area contributed by atoms with E-state index >= 15 is 0 Å². The molecular formula is C23H24N2O4S. The van der Waals surface area contributed by atoms with Crippen LogP contribution in [-0.2, 0) is 6.42 Å². The number of carbonyl (C=O) groups excluding carboxylic acids is 2. The SMILES string of the molecule is CCc1c(C)sc(NC(=O)c2cccc(OCCOc3ccccc3)c2)c1C(N)=O. The van der Waals surface area contributed by atoms with Crippen LogP contribution in [0.3, 0.4) is 0 Å². The topological polar surface area (TPSA) is 90.7 Å². The summed E-state index contributed by atoms with van der Waals surface area (Å²) in [4.78, 5) is 25.6. The largest absolute Gasteiger partial charge is 0.490 e. The van der Waals surface area contributed by atoms with Gasteiger partial charge in [0.05, 0.1) is 5.56 Å². The minimum atomic E-state index is -0.540. The number of hydrogen-bond acceptors (Lipinski definition) is 5. The molecular weight excluding hydrogens is 400 g/mol. The minimum absolute atomic E-state index is 0.326. The summed E-state index contributed by atoms with van der Waals surface area (Å²) in [5.74, 6) is 0.470. The van der Waals surface area contributed by atoms with Crippen LogP contribution in [0.4, 0.5) is 5.00 Å². The van der Waals surface area contributed by atoms with Gasteiger partial charge in [0.2, 0.25) is 0 Å². The molecule has 0 atom stereocenters. The Kier molecular flexibility index (Phi) is 7.08. The second kappa shape index (κ2) is 9.93. The number of hydrogen-bond donors (Lipinski definition) is 2. The maximum Gasteiger partial charge on any atom is 0.256 e. The fourth-order valence-corrected chi connectivity index (χ4v) is 4.24. The summed E-state index contributed by atoms with van der Waals surface area (Å²) in [7, 11) is 0. The molecule has 0 saturated carbocycles. The highest BCUT2D eigenvalue weighted by atomic mass is 32.1. The molecule has 0 radical (unpaired) electrons. The molecule has 0 saturated heterocycles. The molecule has 30 heavy (non-hydrogen) atoms. The number of para-hydroxylation sites is 1. The van der Waals surface area contributed by atoms with Crippen molar-refractivity contribution in [1.29, 1.82) is 0 Å². The minimum Gasteiger partial charge on any atom is -0.490 e. The van der Waals surface area contributed by atoms with Crippen molar-refractivity contribution in [1.82, 2.24) is 0 Å². The Bertz CT molecular complexity index is 1030. The van der Waals surface area contributed by atoms with Crippen molar-refractivity contribution < 1.29 is 19.1 Å². The van der Waals surface area contributed by atoms with E-state index < -0.39 is 5.91 Å². The summed E-state index contributed by atoms with van der Waals surface area (Å²) in [6.07, 6.45) is 0.671. The van der Waals surface area contributed by atoms with Crippen molar-refractivity contribution in [3.63, 3.8) is 0 Å².